The Balaban J connectivity index is 1.72. The molecule has 2 aromatic carbocycles. The molecule has 0 bridgehead atoms. The Morgan fingerprint density at radius 3 is 2.48 bits per heavy atom. The Bertz CT molecular complexity index is 1150. The van der Waals surface area contributed by atoms with Gasteiger partial charge in [0, 0.05) is 23.1 Å². The van der Waals surface area contributed by atoms with Crippen molar-refractivity contribution in [1.29, 1.82) is 0 Å². The first kappa shape index (κ1) is 20.9. The van der Waals surface area contributed by atoms with E-state index >= 15 is 0 Å². The van der Waals surface area contributed by atoms with Gasteiger partial charge in [-0.1, -0.05) is 17.7 Å². The smallest absolute Gasteiger partial charge is 0.274 e. The van der Waals surface area contributed by atoms with E-state index < -0.39 is 22.0 Å². The summed E-state index contributed by atoms with van der Waals surface area (Å²) in [6.45, 7) is 1.48. The summed E-state index contributed by atoms with van der Waals surface area (Å²) in [6, 6.07) is 14.7. The molecular formula is C20H20ClN3O4S. The van der Waals surface area contributed by atoms with Crippen molar-refractivity contribution < 1.29 is 17.9 Å². The lowest BCUT2D eigenvalue weighted by Gasteiger charge is -2.20. The van der Waals surface area contributed by atoms with E-state index in [-0.39, 0.29) is 0 Å². The predicted molar refractivity (Wildman–Crippen MR) is 114 cm³/mol. The number of fused-ring (bicyclic) bond motifs is 1. The summed E-state index contributed by atoms with van der Waals surface area (Å²) in [6.07, 6.45) is 1.73. The first-order chi connectivity index (χ1) is 13.6. The van der Waals surface area contributed by atoms with Crippen LogP contribution in [0.25, 0.3) is 10.9 Å². The van der Waals surface area contributed by atoms with Gasteiger partial charge in [-0.25, -0.2) is 8.42 Å². The summed E-state index contributed by atoms with van der Waals surface area (Å²) in [4.78, 5) is 18.2. The molecular weight excluding hydrogens is 414 g/mol. The number of aromatic nitrogens is 1. The molecule has 0 fully saturated rings. The van der Waals surface area contributed by atoms with E-state index in [0.717, 1.165) is 28.5 Å². The molecule has 1 N–H and O–H groups in total. The molecule has 1 unspecified atom stereocenters. The van der Waals surface area contributed by atoms with Gasteiger partial charge in [0.05, 0.1) is 23.7 Å². The Morgan fingerprint density at radius 1 is 1.14 bits per heavy atom. The number of sulfonamides is 1. The van der Waals surface area contributed by atoms with E-state index in [4.69, 9.17) is 16.3 Å². The molecule has 3 rings (SSSR count). The van der Waals surface area contributed by atoms with Crippen molar-refractivity contribution in [3.05, 3.63) is 59.8 Å². The van der Waals surface area contributed by atoms with Gasteiger partial charge in [0.1, 0.15) is 5.75 Å². The zero-order valence-corrected chi connectivity index (χ0v) is 17.7. The third-order valence-corrected chi connectivity index (χ3v) is 5.02. The lowest BCUT2D eigenvalue weighted by molar-refractivity contribution is -0.125. The quantitative estimate of drug-likeness (QED) is 0.640. The highest BCUT2D eigenvalue weighted by Gasteiger charge is 2.18. The maximum Gasteiger partial charge on any atom is 0.274 e. The number of carbonyl (C=O) groups is 1. The van der Waals surface area contributed by atoms with Crippen molar-refractivity contribution in [3.63, 3.8) is 0 Å². The number of pyridine rings is 1. The van der Waals surface area contributed by atoms with Gasteiger partial charge in [0.2, 0.25) is 10.0 Å². The van der Waals surface area contributed by atoms with Crippen LogP contribution in [0, 0.1) is 0 Å². The van der Waals surface area contributed by atoms with E-state index in [9.17, 15) is 13.2 Å². The number of carbonyl (C=O) groups excluding carboxylic acids is 1. The van der Waals surface area contributed by atoms with Crippen LogP contribution >= 0.6 is 11.6 Å². The molecule has 0 aliphatic rings. The van der Waals surface area contributed by atoms with E-state index in [1.807, 2.05) is 53.1 Å². The van der Waals surface area contributed by atoms with Gasteiger partial charge in [-0.2, -0.15) is 0 Å². The second-order valence-electron chi connectivity index (χ2n) is 6.58. The van der Waals surface area contributed by atoms with E-state index in [0.29, 0.717) is 10.8 Å². The Morgan fingerprint density at radius 2 is 1.83 bits per heavy atom. The molecule has 0 aliphatic heterocycles. The van der Waals surface area contributed by atoms with E-state index in [1.54, 1.807) is 18.3 Å². The number of hydrogen-bond acceptors (Lipinski definition) is 6. The van der Waals surface area contributed by atoms with Crippen LogP contribution in [0.3, 0.4) is 0 Å². The molecule has 0 aliphatic carbocycles. The summed E-state index contributed by atoms with van der Waals surface area (Å²) < 4.78 is 29.7. The minimum absolute atomic E-state index is 0.449. The monoisotopic (exact) mass is 433 g/mol. The molecule has 0 saturated carbocycles. The van der Waals surface area contributed by atoms with Crippen LogP contribution < -0.4 is 14.4 Å². The molecule has 3 aromatic rings. The number of hydrogen-bond donors (Lipinski definition) is 1. The van der Waals surface area contributed by atoms with Crippen LogP contribution in [0.1, 0.15) is 6.92 Å². The van der Waals surface area contributed by atoms with E-state index in [2.05, 4.69) is 4.98 Å². The third kappa shape index (κ3) is 5.36. The summed E-state index contributed by atoms with van der Waals surface area (Å²) in [5, 5.41) is 1.62. The third-order valence-electron chi connectivity index (χ3n) is 4.21. The highest BCUT2D eigenvalue weighted by molar-refractivity contribution is 7.89. The summed E-state index contributed by atoms with van der Waals surface area (Å²) in [7, 11) is -1.71. The zero-order chi connectivity index (χ0) is 21.2. The molecule has 7 nitrogen and oxygen atoms in total. The molecule has 1 heterocycles. The van der Waals surface area contributed by atoms with Crippen molar-refractivity contribution >= 4 is 49.8 Å². The minimum atomic E-state index is -3.63. The molecule has 9 heteroatoms. The number of nitrogens with one attached hydrogen (secondary N) is 1. The molecule has 29 heavy (non-hydrogen) atoms. The lowest BCUT2D eigenvalue weighted by atomic mass is 10.2. The Hall–Kier alpha value is -2.84. The fourth-order valence-corrected chi connectivity index (χ4v) is 3.38. The minimum Gasteiger partial charge on any atom is -0.481 e. The number of halogens is 1. The molecule has 1 aromatic heterocycles. The van der Waals surface area contributed by atoms with Crippen molar-refractivity contribution in [1.82, 2.24) is 9.71 Å². The average molecular weight is 434 g/mol. The van der Waals surface area contributed by atoms with E-state index in [1.165, 1.54) is 6.92 Å². The molecule has 0 spiro atoms. The number of amides is 1. The molecule has 1 atom stereocenters. The summed E-state index contributed by atoms with van der Waals surface area (Å²) in [5.74, 6) is -0.277. The van der Waals surface area contributed by atoms with Crippen LogP contribution in [0.5, 0.6) is 5.75 Å². The first-order valence-corrected chi connectivity index (χ1v) is 11.0. The molecule has 152 valence electrons. The van der Waals surface area contributed by atoms with Crippen LogP contribution in [0.2, 0.25) is 5.02 Å². The van der Waals surface area contributed by atoms with Crippen LogP contribution in [-0.2, 0) is 14.8 Å². The SMILES string of the molecule is CC(Oc1ccc(N(C)c2cnc3cc(Cl)ccc3c2)cc1)C(=O)NS(C)(=O)=O. The van der Waals surface area contributed by atoms with Crippen molar-refractivity contribution in [2.45, 2.75) is 13.0 Å². The van der Waals surface area contributed by atoms with Crippen molar-refractivity contribution in [3.8, 4) is 5.75 Å². The Labute approximate surface area is 174 Å². The number of anilines is 2. The summed E-state index contributed by atoms with van der Waals surface area (Å²) in [5.41, 5.74) is 2.61. The maximum atomic E-state index is 11.8. The molecule has 0 saturated heterocycles. The number of ether oxygens (including phenoxy) is 1. The van der Waals surface area contributed by atoms with Gasteiger partial charge in [-0.15, -0.1) is 0 Å². The first-order valence-electron chi connectivity index (χ1n) is 8.70. The van der Waals surface area contributed by atoms with Gasteiger partial charge in [-0.3, -0.25) is 14.5 Å². The number of nitrogens with zero attached hydrogens (tertiary/aromatic N) is 2. The second-order valence-corrected chi connectivity index (χ2v) is 8.77. The standard InChI is InChI=1S/C20H20ClN3O4S/c1-13(20(25)23-29(3,26)27)28-18-8-6-16(7-9-18)24(2)17-10-14-4-5-15(21)11-19(14)22-12-17/h4-13H,1-3H3,(H,23,25). The topological polar surface area (TPSA) is 88.6 Å². The van der Waals surface area contributed by atoms with Gasteiger partial charge < -0.3 is 9.64 Å². The number of rotatable bonds is 6. The highest BCUT2D eigenvalue weighted by atomic mass is 35.5. The van der Waals surface area contributed by atoms with Gasteiger partial charge in [0.25, 0.3) is 5.91 Å². The van der Waals surface area contributed by atoms with Gasteiger partial charge in [0.15, 0.2) is 6.10 Å². The second kappa shape index (κ2) is 8.26. The maximum absolute atomic E-state index is 11.8. The molecule has 1 amide bonds. The van der Waals surface area contributed by atoms with Gasteiger partial charge in [-0.05, 0) is 49.4 Å². The normalized spacial score (nSPS) is 12.4. The predicted octanol–water partition coefficient (Wildman–Crippen LogP) is 3.50. The van der Waals surface area contributed by atoms with Gasteiger partial charge >= 0.3 is 0 Å². The van der Waals surface area contributed by atoms with Crippen molar-refractivity contribution in [2.75, 3.05) is 18.2 Å². The lowest BCUT2D eigenvalue weighted by Crippen LogP contribution is -2.39. The largest absolute Gasteiger partial charge is 0.481 e. The zero-order valence-electron chi connectivity index (χ0n) is 16.1. The fraction of sp³-hybridized carbons (Fsp3) is 0.200. The van der Waals surface area contributed by atoms with Crippen molar-refractivity contribution in [2.24, 2.45) is 0 Å². The number of benzene rings is 2. The summed E-state index contributed by atoms with van der Waals surface area (Å²) >= 11 is 6.00. The fourth-order valence-electron chi connectivity index (χ4n) is 2.69. The van der Waals surface area contributed by atoms with Crippen LogP contribution in [0.15, 0.2) is 54.7 Å². The van der Waals surface area contributed by atoms with Crippen LogP contribution in [-0.4, -0.2) is 38.7 Å². The average Bonchev–Trinajstić information content (AvgIpc) is 2.66. The highest BCUT2D eigenvalue weighted by Crippen LogP contribution is 2.28. The Kier molecular flexibility index (Phi) is 5.95. The van der Waals surface area contributed by atoms with Crippen LogP contribution in [0.4, 0.5) is 11.4 Å². The molecule has 0 radical (unpaired) electrons.